The first kappa shape index (κ1) is 11.1. The molecule has 1 aliphatic heterocycles. The molecule has 0 atom stereocenters. The third-order valence-corrected chi connectivity index (χ3v) is 2.66. The van der Waals surface area contributed by atoms with Crippen molar-refractivity contribution in [1.82, 2.24) is 15.1 Å². The lowest BCUT2D eigenvalue weighted by molar-refractivity contribution is -0.125. The van der Waals surface area contributed by atoms with Crippen LogP contribution >= 0.6 is 0 Å². The van der Waals surface area contributed by atoms with Gasteiger partial charge in [-0.3, -0.25) is 9.48 Å². The largest absolute Gasteiger partial charge is 0.377 e. The van der Waals surface area contributed by atoms with E-state index in [0.29, 0.717) is 26.2 Å². The number of hydrogen-bond donors (Lipinski definition) is 1. The predicted octanol–water partition coefficient (Wildman–Crippen LogP) is 0.405. The monoisotopic (exact) mass is 223 g/mol. The summed E-state index contributed by atoms with van der Waals surface area (Å²) in [5.41, 5.74) is 2.09. The van der Waals surface area contributed by atoms with E-state index < -0.39 is 0 Å². The van der Waals surface area contributed by atoms with Crippen LogP contribution in [-0.2, 0) is 16.1 Å². The highest BCUT2D eigenvalue weighted by Gasteiger charge is 2.20. The quantitative estimate of drug-likeness (QED) is 0.804. The SMILES string of the molecule is Cc1cc(C)n(CCC(=O)NC2COC2)n1. The molecule has 0 unspecified atom stereocenters. The minimum Gasteiger partial charge on any atom is -0.377 e. The molecule has 0 radical (unpaired) electrons. The Morgan fingerprint density at radius 3 is 2.88 bits per heavy atom. The lowest BCUT2D eigenvalue weighted by atomic mass is 10.2. The van der Waals surface area contributed by atoms with Crippen molar-refractivity contribution in [3.05, 3.63) is 17.5 Å². The van der Waals surface area contributed by atoms with Gasteiger partial charge in [0.2, 0.25) is 5.91 Å². The van der Waals surface area contributed by atoms with Gasteiger partial charge in [-0.15, -0.1) is 0 Å². The fraction of sp³-hybridized carbons (Fsp3) is 0.636. The summed E-state index contributed by atoms with van der Waals surface area (Å²) in [4.78, 5) is 11.5. The second kappa shape index (κ2) is 4.65. The van der Waals surface area contributed by atoms with Crippen LogP contribution in [0.3, 0.4) is 0 Å². The molecular weight excluding hydrogens is 206 g/mol. The number of amides is 1. The molecule has 5 heteroatoms. The Labute approximate surface area is 94.8 Å². The van der Waals surface area contributed by atoms with Gasteiger partial charge in [-0.25, -0.2) is 0 Å². The summed E-state index contributed by atoms with van der Waals surface area (Å²) in [6, 6.07) is 2.23. The van der Waals surface area contributed by atoms with Gasteiger partial charge in [-0.2, -0.15) is 5.10 Å². The van der Waals surface area contributed by atoms with E-state index in [2.05, 4.69) is 10.4 Å². The van der Waals surface area contributed by atoms with Crippen LogP contribution in [0.4, 0.5) is 0 Å². The minimum absolute atomic E-state index is 0.0702. The Morgan fingerprint density at radius 1 is 1.62 bits per heavy atom. The zero-order valence-electron chi connectivity index (χ0n) is 9.69. The van der Waals surface area contributed by atoms with E-state index >= 15 is 0 Å². The van der Waals surface area contributed by atoms with E-state index in [0.717, 1.165) is 11.4 Å². The second-order valence-corrected chi connectivity index (χ2v) is 4.20. The first-order valence-electron chi connectivity index (χ1n) is 5.53. The summed E-state index contributed by atoms with van der Waals surface area (Å²) < 4.78 is 6.86. The van der Waals surface area contributed by atoms with Crippen LogP contribution in [0.2, 0.25) is 0 Å². The molecule has 1 aromatic heterocycles. The third-order valence-electron chi connectivity index (χ3n) is 2.66. The van der Waals surface area contributed by atoms with Gasteiger partial charge >= 0.3 is 0 Å². The Morgan fingerprint density at radius 2 is 2.38 bits per heavy atom. The zero-order chi connectivity index (χ0) is 11.5. The van der Waals surface area contributed by atoms with Crippen LogP contribution in [0, 0.1) is 13.8 Å². The maximum atomic E-state index is 11.5. The van der Waals surface area contributed by atoms with Gasteiger partial charge in [0.25, 0.3) is 0 Å². The van der Waals surface area contributed by atoms with Gasteiger partial charge < -0.3 is 10.1 Å². The van der Waals surface area contributed by atoms with E-state index in [1.54, 1.807) is 0 Å². The number of aryl methyl sites for hydroxylation is 3. The van der Waals surface area contributed by atoms with E-state index in [4.69, 9.17) is 4.74 Å². The first-order chi connectivity index (χ1) is 7.65. The fourth-order valence-corrected chi connectivity index (χ4v) is 1.73. The maximum Gasteiger partial charge on any atom is 0.222 e. The van der Waals surface area contributed by atoms with E-state index in [1.807, 2.05) is 24.6 Å². The smallest absolute Gasteiger partial charge is 0.222 e. The van der Waals surface area contributed by atoms with Crippen LogP contribution in [0.5, 0.6) is 0 Å². The van der Waals surface area contributed by atoms with Crippen molar-refractivity contribution in [1.29, 1.82) is 0 Å². The lowest BCUT2D eigenvalue weighted by Crippen LogP contribution is -2.48. The molecule has 0 aliphatic carbocycles. The number of carbonyl (C=O) groups is 1. The molecule has 2 rings (SSSR count). The van der Waals surface area contributed by atoms with Gasteiger partial charge in [0.05, 0.1) is 24.9 Å². The number of aromatic nitrogens is 2. The molecule has 1 N–H and O–H groups in total. The summed E-state index contributed by atoms with van der Waals surface area (Å²) in [5.74, 6) is 0.0702. The Balaban J connectivity index is 1.77. The highest BCUT2D eigenvalue weighted by molar-refractivity contribution is 5.76. The van der Waals surface area contributed by atoms with Crippen molar-refractivity contribution in [2.45, 2.75) is 32.9 Å². The second-order valence-electron chi connectivity index (χ2n) is 4.20. The van der Waals surface area contributed by atoms with Crippen molar-refractivity contribution >= 4 is 5.91 Å². The van der Waals surface area contributed by atoms with Crippen LogP contribution in [-0.4, -0.2) is 34.9 Å². The van der Waals surface area contributed by atoms with Crippen molar-refractivity contribution in [3.63, 3.8) is 0 Å². The first-order valence-corrected chi connectivity index (χ1v) is 5.53. The molecule has 1 saturated heterocycles. The average molecular weight is 223 g/mol. The van der Waals surface area contributed by atoms with E-state index in [1.165, 1.54) is 0 Å². The van der Waals surface area contributed by atoms with Gasteiger partial charge in [0.15, 0.2) is 0 Å². The normalized spacial score (nSPS) is 15.9. The third kappa shape index (κ3) is 2.61. The fourth-order valence-electron chi connectivity index (χ4n) is 1.73. The topological polar surface area (TPSA) is 56.2 Å². The standard InChI is InChI=1S/C11H17N3O2/c1-8-5-9(2)14(13-8)4-3-11(15)12-10-6-16-7-10/h5,10H,3-4,6-7H2,1-2H3,(H,12,15). The lowest BCUT2D eigenvalue weighted by Gasteiger charge is -2.26. The van der Waals surface area contributed by atoms with E-state index in [9.17, 15) is 4.79 Å². The zero-order valence-corrected chi connectivity index (χ0v) is 9.69. The molecular formula is C11H17N3O2. The van der Waals surface area contributed by atoms with Crippen LogP contribution in [0.15, 0.2) is 6.07 Å². The maximum absolute atomic E-state index is 11.5. The average Bonchev–Trinajstić information content (AvgIpc) is 2.48. The van der Waals surface area contributed by atoms with Crippen molar-refractivity contribution in [2.24, 2.45) is 0 Å². The Kier molecular flexibility index (Phi) is 3.24. The summed E-state index contributed by atoms with van der Waals surface area (Å²) >= 11 is 0. The molecule has 88 valence electrons. The number of carbonyl (C=O) groups excluding carboxylic acids is 1. The van der Waals surface area contributed by atoms with Crippen LogP contribution < -0.4 is 5.32 Å². The molecule has 0 spiro atoms. The molecule has 16 heavy (non-hydrogen) atoms. The number of rotatable bonds is 4. The summed E-state index contributed by atoms with van der Waals surface area (Å²) in [6.45, 7) is 5.88. The van der Waals surface area contributed by atoms with E-state index in [-0.39, 0.29) is 11.9 Å². The van der Waals surface area contributed by atoms with Gasteiger partial charge in [-0.1, -0.05) is 0 Å². The molecule has 1 aromatic rings. The van der Waals surface area contributed by atoms with Gasteiger partial charge in [-0.05, 0) is 19.9 Å². The van der Waals surface area contributed by atoms with Crippen molar-refractivity contribution < 1.29 is 9.53 Å². The molecule has 0 bridgehead atoms. The van der Waals surface area contributed by atoms with Gasteiger partial charge in [0, 0.05) is 18.7 Å². The highest BCUT2D eigenvalue weighted by Crippen LogP contribution is 2.04. The summed E-state index contributed by atoms with van der Waals surface area (Å²) in [7, 11) is 0. The number of nitrogens with zero attached hydrogens (tertiary/aromatic N) is 2. The highest BCUT2D eigenvalue weighted by atomic mass is 16.5. The predicted molar refractivity (Wildman–Crippen MR) is 59.1 cm³/mol. The van der Waals surface area contributed by atoms with Crippen molar-refractivity contribution in [3.8, 4) is 0 Å². The van der Waals surface area contributed by atoms with Crippen molar-refractivity contribution in [2.75, 3.05) is 13.2 Å². The Bertz CT molecular complexity index is 383. The molecule has 2 heterocycles. The molecule has 0 aromatic carbocycles. The van der Waals surface area contributed by atoms with Crippen LogP contribution in [0.25, 0.3) is 0 Å². The number of hydrogen-bond acceptors (Lipinski definition) is 3. The minimum atomic E-state index is 0.0702. The molecule has 1 aliphatic rings. The molecule has 1 fully saturated rings. The van der Waals surface area contributed by atoms with Gasteiger partial charge in [0.1, 0.15) is 0 Å². The number of ether oxygens (including phenoxy) is 1. The molecule has 5 nitrogen and oxygen atoms in total. The Hall–Kier alpha value is -1.36. The summed E-state index contributed by atoms with van der Waals surface area (Å²) in [6.07, 6.45) is 0.471. The van der Waals surface area contributed by atoms with Crippen LogP contribution in [0.1, 0.15) is 17.8 Å². The summed E-state index contributed by atoms with van der Waals surface area (Å²) in [5, 5.41) is 7.22. The number of nitrogens with one attached hydrogen (secondary N) is 1. The molecule has 0 saturated carbocycles. The molecule has 1 amide bonds.